The molecule has 2 unspecified atom stereocenters. The summed E-state index contributed by atoms with van der Waals surface area (Å²) in [5.41, 5.74) is 1.67. The molecule has 0 aliphatic carbocycles. The van der Waals surface area contributed by atoms with Crippen LogP contribution in [0.25, 0.3) is 0 Å². The van der Waals surface area contributed by atoms with Crippen LogP contribution in [0.4, 0.5) is 0 Å². The maximum atomic E-state index is 12.2. The molecule has 1 N–H and O–H groups in total. The van der Waals surface area contributed by atoms with Crippen LogP contribution in [0.1, 0.15) is 35.7 Å². The van der Waals surface area contributed by atoms with Crippen molar-refractivity contribution in [1.29, 1.82) is 0 Å². The van der Waals surface area contributed by atoms with E-state index >= 15 is 0 Å². The van der Waals surface area contributed by atoms with Gasteiger partial charge in [0.25, 0.3) is 5.91 Å². The Bertz CT molecular complexity index is 427. The standard InChI is InChI=1S/C15H21NO3/c1-11(14-7-4-8-19-14)16-15(17)13-6-3-5-12(9-13)10-18-2/h3,5-6,9,11,14H,4,7-8,10H2,1-2H3,(H,16,17). The molecule has 0 spiro atoms. The molecule has 4 nitrogen and oxygen atoms in total. The lowest BCUT2D eigenvalue weighted by molar-refractivity contribution is 0.0712. The smallest absolute Gasteiger partial charge is 0.251 e. The summed E-state index contributed by atoms with van der Waals surface area (Å²) in [7, 11) is 1.65. The number of amides is 1. The van der Waals surface area contributed by atoms with Gasteiger partial charge in [-0.05, 0) is 37.5 Å². The predicted molar refractivity (Wildman–Crippen MR) is 73.1 cm³/mol. The van der Waals surface area contributed by atoms with E-state index in [0.29, 0.717) is 12.2 Å². The molecule has 1 fully saturated rings. The van der Waals surface area contributed by atoms with Crippen molar-refractivity contribution in [1.82, 2.24) is 5.32 Å². The number of methoxy groups -OCH3 is 1. The van der Waals surface area contributed by atoms with E-state index in [2.05, 4.69) is 5.32 Å². The number of carbonyl (C=O) groups excluding carboxylic acids is 1. The molecule has 2 rings (SSSR count). The van der Waals surface area contributed by atoms with Gasteiger partial charge in [0.15, 0.2) is 0 Å². The molecule has 4 heteroatoms. The van der Waals surface area contributed by atoms with E-state index in [0.717, 1.165) is 25.0 Å². The van der Waals surface area contributed by atoms with E-state index in [1.807, 2.05) is 31.2 Å². The highest BCUT2D eigenvalue weighted by Gasteiger charge is 2.23. The Morgan fingerprint density at radius 2 is 2.42 bits per heavy atom. The highest BCUT2D eigenvalue weighted by atomic mass is 16.5. The van der Waals surface area contributed by atoms with Gasteiger partial charge in [-0.2, -0.15) is 0 Å². The van der Waals surface area contributed by atoms with Crippen LogP contribution in [0.5, 0.6) is 0 Å². The lowest BCUT2D eigenvalue weighted by atomic mass is 10.1. The van der Waals surface area contributed by atoms with Crippen LogP contribution in [0.2, 0.25) is 0 Å². The van der Waals surface area contributed by atoms with Crippen LogP contribution in [0, 0.1) is 0 Å². The highest BCUT2D eigenvalue weighted by molar-refractivity contribution is 5.94. The molecule has 1 aliphatic rings. The second kappa shape index (κ2) is 6.68. The first kappa shape index (κ1) is 14.0. The van der Waals surface area contributed by atoms with Crippen molar-refractivity contribution in [3.63, 3.8) is 0 Å². The molecular weight excluding hydrogens is 242 g/mol. The summed E-state index contributed by atoms with van der Waals surface area (Å²) in [5.74, 6) is -0.0547. The van der Waals surface area contributed by atoms with E-state index in [-0.39, 0.29) is 18.1 Å². The Morgan fingerprint density at radius 3 is 3.11 bits per heavy atom. The van der Waals surface area contributed by atoms with Crippen LogP contribution in [-0.4, -0.2) is 31.8 Å². The summed E-state index contributed by atoms with van der Waals surface area (Å²) >= 11 is 0. The molecule has 1 amide bonds. The second-order valence-electron chi connectivity index (χ2n) is 4.95. The summed E-state index contributed by atoms with van der Waals surface area (Å²) in [4.78, 5) is 12.2. The number of benzene rings is 1. The molecule has 1 aliphatic heterocycles. The summed E-state index contributed by atoms with van der Waals surface area (Å²) in [5, 5.41) is 3.00. The van der Waals surface area contributed by atoms with Gasteiger partial charge >= 0.3 is 0 Å². The van der Waals surface area contributed by atoms with Crippen molar-refractivity contribution in [2.24, 2.45) is 0 Å². The monoisotopic (exact) mass is 263 g/mol. The molecule has 1 heterocycles. The topological polar surface area (TPSA) is 47.6 Å². The molecule has 0 radical (unpaired) electrons. The normalized spacial score (nSPS) is 20.2. The average Bonchev–Trinajstić information content (AvgIpc) is 2.93. The predicted octanol–water partition coefficient (Wildman–Crippen LogP) is 2.13. The molecule has 0 aromatic heterocycles. The molecule has 1 saturated heterocycles. The fourth-order valence-corrected chi connectivity index (χ4v) is 2.35. The Labute approximate surface area is 114 Å². The Balaban J connectivity index is 1.96. The maximum absolute atomic E-state index is 12.2. The van der Waals surface area contributed by atoms with Gasteiger partial charge in [-0.25, -0.2) is 0 Å². The Hall–Kier alpha value is -1.39. The fraction of sp³-hybridized carbons (Fsp3) is 0.533. The number of carbonyl (C=O) groups is 1. The summed E-state index contributed by atoms with van der Waals surface area (Å²) in [6, 6.07) is 7.54. The van der Waals surface area contributed by atoms with Gasteiger partial charge < -0.3 is 14.8 Å². The van der Waals surface area contributed by atoms with Crippen molar-refractivity contribution < 1.29 is 14.3 Å². The van der Waals surface area contributed by atoms with Crippen LogP contribution in [-0.2, 0) is 16.1 Å². The zero-order valence-electron chi connectivity index (χ0n) is 11.5. The Morgan fingerprint density at radius 1 is 1.58 bits per heavy atom. The number of hydrogen-bond acceptors (Lipinski definition) is 3. The van der Waals surface area contributed by atoms with E-state index in [1.165, 1.54) is 0 Å². The maximum Gasteiger partial charge on any atom is 0.251 e. The quantitative estimate of drug-likeness (QED) is 0.885. The van der Waals surface area contributed by atoms with Crippen molar-refractivity contribution in [2.75, 3.05) is 13.7 Å². The van der Waals surface area contributed by atoms with Gasteiger partial charge in [-0.15, -0.1) is 0 Å². The number of nitrogens with one attached hydrogen (secondary N) is 1. The molecule has 19 heavy (non-hydrogen) atoms. The molecule has 0 bridgehead atoms. The SMILES string of the molecule is COCc1cccc(C(=O)NC(C)C2CCCO2)c1. The third-order valence-electron chi connectivity index (χ3n) is 3.38. The lowest BCUT2D eigenvalue weighted by Gasteiger charge is -2.20. The van der Waals surface area contributed by atoms with Crippen molar-refractivity contribution in [2.45, 2.75) is 38.5 Å². The average molecular weight is 263 g/mol. The van der Waals surface area contributed by atoms with Crippen molar-refractivity contribution in [3.8, 4) is 0 Å². The fourth-order valence-electron chi connectivity index (χ4n) is 2.35. The van der Waals surface area contributed by atoms with Crippen LogP contribution in [0.15, 0.2) is 24.3 Å². The third kappa shape index (κ3) is 3.78. The van der Waals surface area contributed by atoms with Gasteiger partial charge in [-0.3, -0.25) is 4.79 Å². The number of rotatable bonds is 5. The van der Waals surface area contributed by atoms with E-state index in [9.17, 15) is 4.79 Å². The molecule has 1 aromatic carbocycles. The highest BCUT2D eigenvalue weighted by Crippen LogP contribution is 2.16. The minimum atomic E-state index is -0.0547. The zero-order chi connectivity index (χ0) is 13.7. The molecule has 1 aromatic rings. The van der Waals surface area contributed by atoms with E-state index in [4.69, 9.17) is 9.47 Å². The number of ether oxygens (including phenoxy) is 2. The van der Waals surface area contributed by atoms with Crippen molar-refractivity contribution >= 4 is 5.91 Å². The lowest BCUT2D eigenvalue weighted by Crippen LogP contribution is -2.40. The van der Waals surface area contributed by atoms with Gasteiger partial charge in [0.1, 0.15) is 0 Å². The molecule has 0 saturated carbocycles. The minimum Gasteiger partial charge on any atom is -0.380 e. The van der Waals surface area contributed by atoms with Crippen molar-refractivity contribution in [3.05, 3.63) is 35.4 Å². The van der Waals surface area contributed by atoms with E-state index < -0.39 is 0 Å². The Kier molecular flexibility index (Phi) is 4.93. The number of hydrogen-bond donors (Lipinski definition) is 1. The largest absolute Gasteiger partial charge is 0.380 e. The van der Waals surface area contributed by atoms with Crippen LogP contribution in [0.3, 0.4) is 0 Å². The molecular formula is C15H21NO3. The van der Waals surface area contributed by atoms with Gasteiger partial charge in [0.2, 0.25) is 0 Å². The van der Waals surface area contributed by atoms with Gasteiger partial charge in [0, 0.05) is 19.3 Å². The summed E-state index contributed by atoms with van der Waals surface area (Å²) < 4.78 is 10.7. The summed E-state index contributed by atoms with van der Waals surface area (Å²) in [6.07, 6.45) is 2.24. The second-order valence-corrected chi connectivity index (χ2v) is 4.95. The first-order chi connectivity index (χ1) is 9.20. The van der Waals surface area contributed by atoms with Crippen LogP contribution >= 0.6 is 0 Å². The minimum absolute atomic E-state index is 0.0427. The van der Waals surface area contributed by atoms with E-state index in [1.54, 1.807) is 7.11 Å². The first-order valence-electron chi connectivity index (χ1n) is 6.71. The third-order valence-corrected chi connectivity index (χ3v) is 3.38. The van der Waals surface area contributed by atoms with Gasteiger partial charge in [-0.1, -0.05) is 12.1 Å². The zero-order valence-corrected chi connectivity index (χ0v) is 11.5. The molecule has 104 valence electrons. The molecule has 2 atom stereocenters. The van der Waals surface area contributed by atoms with Crippen LogP contribution < -0.4 is 5.32 Å². The first-order valence-corrected chi connectivity index (χ1v) is 6.71. The van der Waals surface area contributed by atoms with Gasteiger partial charge in [0.05, 0.1) is 18.8 Å². The summed E-state index contributed by atoms with van der Waals surface area (Å²) in [6.45, 7) is 3.31.